The molecule has 1 N–H and O–H groups in total. The molecule has 0 radical (unpaired) electrons. The van der Waals surface area contributed by atoms with Crippen LogP contribution in [0.5, 0.6) is 5.75 Å². The summed E-state index contributed by atoms with van der Waals surface area (Å²) in [5, 5.41) is 1.81. The molecular weight excluding hydrogens is 350 g/mol. The summed E-state index contributed by atoms with van der Waals surface area (Å²) >= 11 is 0.844. The van der Waals surface area contributed by atoms with E-state index in [2.05, 4.69) is 5.32 Å². The third kappa shape index (κ3) is 3.86. The van der Waals surface area contributed by atoms with Crippen LogP contribution in [0.3, 0.4) is 0 Å². The average molecular weight is 367 g/mol. The van der Waals surface area contributed by atoms with Crippen molar-refractivity contribution in [2.75, 3.05) is 0 Å². The Balaban J connectivity index is 1.79. The van der Waals surface area contributed by atoms with E-state index < -0.39 is 16.6 Å². The molecule has 3 rings (SSSR count). The van der Waals surface area contributed by atoms with Crippen molar-refractivity contribution < 1.29 is 19.1 Å². The molecule has 26 heavy (non-hydrogen) atoms. The Morgan fingerprint density at radius 1 is 1.08 bits per heavy atom. The van der Waals surface area contributed by atoms with Gasteiger partial charge in [0, 0.05) is 0 Å². The Labute approximate surface area is 155 Å². The van der Waals surface area contributed by atoms with Crippen molar-refractivity contribution in [3.05, 3.63) is 70.6 Å². The molecule has 0 saturated carbocycles. The van der Waals surface area contributed by atoms with Crippen molar-refractivity contribution >= 4 is 35.0 Å². The minimum Gasteiger partial charge on any atom is -0.426 e. The number of benzene rings is 2. The molecule has 1 saturated heterocycles. The highest BCUT2D eigenvalue weighted by Crippen LogP contribution is 2.28. The number of thioether (sulfide) groups is 1. The average Bonchev–Trinajstić information content (AvgIpc) is 2.93. The van der Waals surface area contributed by atoms with E-state index in [1.165, 1.54) is 0 Å². The Kier molecular flexibility index (Phi) is 4.95. The molecule has 0 atom stereocenters. The van der Waals surface area contributed by atoms with Gasteiger partial charge in [0.1, 0.15) is 5.75 Å². The minimum absolute atomic E-state index is 0.308. The van der Waals surface area contributed by atoms with Gasteiger partial charge in [-0.1, -0.05) is 42.5 Å². The molecule has 5 nitrogen and oxygen atoms in total. The molecule has 1 aliphatic heterocycles. The number of hydrogen-bond donors (Lipinski definition) is 1. The molecule has 132 valence electrons. The predicted molar refractivity (Wildman–Crippen MR) is 101 cm³/mol. The smallest absolute Gasteiger partial charge is 0.321 e. The minimum atomic E-state index is -0.802. The molecule has 1 aliphatic rings. The standard InChI is InChI=1S/C20H17NO4S/c1-20(2,14-8-4-3-5-9-14)18(23)25-15-10-6-7-13(11-15)12-16-17(22)21-19(24)26-16/h3-12H,1-2H3,(H,21,22,24)/b16-12-. The van der Waals surface area contributed by atoms with Gasteiger partial charge in [-0.2, -0.15) is 0 Å². The second-order valence-corrected chi connectivity index (χ2v) is 7.32. The van der Waals surface area contributed by atoms with Crippen molar-refractivity contribution in [1.29, 1.82) is 0 Å². The summed E-state index contributed by atoms with van der Waals surface area (Å²) in [5.41, 5.74) is 0.726. The number of imide groups is 1. The van der Waals surface area contributed by atoms with Crippen LogP contribution in [-0.2, 0) is 15.0 Å². The van der Waals surface area contributed by atoms with Crippen LogP contribution in [-0.4, -0.2) is 17.1 Å². The first kappa shape index (κ1) is 17.9. The lowest BCUT2D eigenvalue weighted by Crippen LogP contribution is -2.33. The second kappa shape index (κ2) is 7.17. The van der Waals surface area contributed by atoms with Crippen molar-refractivity contribution in [1.82, 2.24) is 5.32 Å². The molecule has 2 aromatic rings. The van der Waals surface area contributed by atoms with Gasteiger partial charge in [-0.05, 0) is 54.9 Å². The lowest BCUT2D eigenvalue weighted by atomic mass is 9.85. The van der Waals surface area contributed by atoms with Crippen LogP contribution >= 0.6 is 11.8 Å². The molecule has 0 aromatic heterocycles. The van der Waals surface area contributed by atoms with Crippen LogP contribution in [0, 0.1) is 0 Å². The maximum Gasteiger partial charge on any atom is 0.321 e. The SMILES string of the molecule is CC(C)(C(=O)Oc1cccc(/C=C2\SC(=O)NC2=O)c1)c1ccccc1. The van der Waals surface area contributed by atoms with Crippen LogP contribution < -0.4 is 10.1 Å². The first-order valence-electron chi connectivity index (χ1n) is 7.99. The first-order chi connectivity index (χ1) is 12.4. The van der Waals surface area contributed by atoms with E-state index >= 15 is 0 Å². The Morgan fingerprint density at radius 3 is 2.46 bits per heavy atom. The normalized spacial score (nSPS) is 15.8. The zero-order chi connectivity index (χ0) is 18.7. The fourth-order valence-corrected chi connectivity index (χ4v) is 3.13. The summed E-state index contributed by atoms with van der Waals surface area (Å²) in [6, 6.07) is 16.2. The van der Waals surface area contributed by atoms with Gasteiger partial charge in [0.25, 0.3) is 11.1 Å². The Bertz CT molecular complexity index is 903. The van der Waals surface area contributed by atoms with Crippen molar-refractivity contribution in [3.8, 4) is 5.75 Å². The Hall–Kier alpha value is -2.86. The van der Waals surface area contributed by atoms with Crippen LogP contribution in [0.1, 0.15) is 25.0 Å². The molecule has 2 amide bonds. The summed E-state index contributed by atoms with van der Waals surface area (Å²) < 4.78 is 5.54. The molecule has 2 aromatic carbocycles. The summed E-state index contributed by atoms with van der Waals surface area (Å²) in [4.78, 5) is 35.8. The van der Waals surface area contributed by atoms with Gasteiger partial charge in [0.05, 0.1) is 10.3 Å². The quantitative estimate of drug-likeness (QED) is 0.504. The summed E-state index contributed by atoms with van der Waals surface area (Å²) in [6.45, 7) is 3.61. The number of esters is 1. The lowest BCUT2D eigenvalue weighted by molar-refractivity contribution is -0.139. The third-order valence-electron chi connectivity index (χ3n) is 4.01. The van der Waals surface area contributed by atoms with E-state index in [-0.39, 0.29) is 5.97 Å². The molecular formula is C20H17NO4S. The van der Waals surface area contributed by atoms with Crippen LogP contribution in [0.25, 0.3) is 6.08 Å². The van der Waals surface area contributed by atoms with E-state index in [1.54, 1.807) is 30.3 Å². The fourth-order valence-electron chi connectivity index (χ4n) is 2.45. The van der Waals surface area contributed by atoms with Crippen LogP contribution in [0.2, 0.25) is 0 Å². The number of ether oxygens (including phenoxy) is 1. The number of rotatable bonds is 4. The molecule has 0 bridgehead atoms. The van der Waals surface area contributed by atoms with Gasteiger partial charge in [-0.3, -0.25) is 19.7 Å². The van der Waals surface area contributed by atoms with Gasteiger partial charge in [-0.15, -0.1) is 0 Å². The molecule has 0 aliphatic carbocycles. The van der Waals surface area contributed by atoms with E-state index in [4.69, 9.17) is 4.74 Å². The number of carbonyl (C=O) groups excluding carboxylic acids is 3. The van der Waals surface area contributed by atoms with Gasteiger partial charge in [-0.25, -0.2) is 0 Å². The highest BCUT2D eigenvalue weighted by atomic mass is 32.2. The summed E-state index contributed by atoms with van der Waals surface area (Å²) in [5.74, 6) is -0.424. The van der Waals surface area contributed by atoms with E-state index in [0.29, 0.717) is 16.2 Å². The molecule has 1 fully saturated rings. The fraction of sp³-hybridized carbons (Fsp3) is 0.150. The molecule has 0 unspecified atom stereocenters. The van der Waals surface area contributed by atoms with Gasteiger partial charge in [0.2, 0.25) is 0 Å². The van der Waals surface area contributed by atoms with E-state index in [0.717, 1.165) is 17.3 Å². The topological polar surface area (TPSA) is 72.5 Å². The predicted octanol–water partition coefficient (Wildman–Crippen LogP) is 3.89. The van der Waals surface area contributed by atoms with E-state index in [1.807, 2.05) is 44.2 Å². The zero-order valence-corrected chi connectivity index (χ0v) is 15.1. The lowest BCUT2D eigenvalue weighted by Gasteiger charge is -2.23. The maximum absolute atomic E-state index is 12.6. The van der Waals surface area contributed by atoms with Gasteiger partial charge in [0.15, 0.2) is 0 Å². The highest BCUT2D eigenvalue weighted by molar-refractivity contribution is 8.18. The summed E-state index contributed by atoms with van der Waals surface area (Å²) in [7, 11) is 0. The number of carbonyl (C=O) groups is 3. The van der Waals surface area contributed by atoms with E-state index in [9.17, 15) is 14.4 Å². The number of nitrogens with one attached hydrogen (secondary N) is 1. The largest absolute Gasteiger partial charge is 0.426 e. The third-order valence-corrected chi connectivity index (χ3v) is 4.82. The molecule has 6 heteroatoms. The zero-order valence-electron chi connectivity index (χ0n) is 14.3. The first-order valence-corrected chi connectivity index (χ1v) is 8.80. The van der Waals surface area contributed by atoms with Crippen LogP contribution in [0.15, 0.2) is 59.5 Å². The van der Waals surface area contributed by atoms with Gasteiger partial charge < -0.3 is 4.74 Å². The van der Waals surface area contributed by atoms with Crippen molar-refractivity contribution in [3.63, 3.8) is 0 Å². The molecule has 0 spiro atoms. The summed E-state index contributed by atoms with van der Waals surface area (Å²) in [6.07, 6.45) is 1.59. The monoisotopic (exact) mass is 367 g/mol. The van der Waals surface area contributed by atoms with Crippen LogP contribution in [0.4, 0.5) is 4.79 Å². The number of amides is 2. The second-order valence-electron chi connectivity index (χ2n) is 6.31. The van der Waals surface area contributed by atoms with Gasteiger partial charge >= 0.3 is 5.97 Å². The maximum atomic E-state index is 12.6. The number of hydrogen-bond acceptors (Lipinski definition) is 5. The molecule has 1 heterocycles. The highest BCUT2D eigenvalue weighted by Gasteiger charge is 2.32. The van der Waals surface area contributed by atoms with Crippen molar-refractivity contribution in [2.45, 2.75) is 19.3 Å². The Morgan fingerprint density at radius 2 is 1.81 bits per heavy atom. The van der Waals surface area contributed by atoms with Crippen molar-refractivity contribution in [2.24, 2.45) is 0 Å².